The van der Waals surface area contributed by atoms with Gasteiger partial charge in [0, 0.05) is 22.1 Å². The molecule has 1 aliphatic rings. The molecule has 0 atom stereocenters. The van der Waals surface area contributed by atoms with E-state index in [0.717, 1.165) is 11.3 Å². The number of hydrogen-bond donors (Lipinski definition) is 1. The first kappa shape index (κ1) is 16.4. The van der Waals surface area contributed by atoms with Gasteiger partial charge in [-0.2, -0.15) is 0 Å². The molecule has 1 N–H and O–H groups in total. The largest absolute Gasteiger partial charge is 0.454 e. The number of anilines is 1. The van der Waals surface area contributed by atoms with Crippen LogP contribution >= 0.6 is 15.9 Å². The molecule has 0 saturated carbocycles. The van der Waals surface area contributed by atoms with Crippen molar-refractivity contribution < 1.29 is 19.1 Å². The normalized spacial score (nSPS) is 13.0. The first-order chi connectivity index (χ1) is 11.5. The predicted molar refractivity (Wildman–Crippen MR) is 92.1 cm³/mol. The summed E-state index contributed by atoms with van der Waals surface area (Å²) in [6.45, 7) is -0.328. The summed E-state index contributed by atoms with van der Waals surface area (Å²) in [5.74, 6) is -0.861. The number of halogens is 1. The molecule has 0 spiro atoms. The molecule has 1 amide bonds. The predicted octanol–water partition coefficient (Wildman–Crippen LogP) is 3.37. The van der Waals surface area contributed by atoms with Crippen molar-refractivity contribution in [3.8, 4) is 0 Å². The number of amides is 1. The monoisotopic (exact) mass is 387 g/mol. The van der Waals surface area contributed by atoms with Gasteiger partial charge in [-0.25, -0.2) is 4.79 Å². The number of benzene rings is 2. The lowest BCUT2D eigenvalue weighted by atomic mass is 9.99. The lowest BCUT2D eigenvalue weighted by molar-refractivity contribution is -0.116. The first-order valence-electron chi connectivity index (χ1n) is 7.42. The molecule has 0 radical (unpaired) electrons. The van der Waals surface area contributed by atoms with Gasteiger partial charge >= 0.3 is 5.97 Å². The Bertz CT molecular complexity index is 832. The van der Waals surface area contributed by atoms with Crippen LogP contribution in [0.25, 0.3) is 0 Å². The highest BCUT2D eigenvalue weighted by molar-refractivity contribution is 9.10. The van der Waals surface area contributed by atoms with Crippen molar-refractivity contribution in [2.75, 3.05) is 11.9 Å². The molecule has 0 fully saturated rings. The second kappa shape index (κ2) is 6.97. The Labute approximate surface area is 147 Å². The van der Waals surface area contributed by atoms with Gasteiger partial charge in [-0.15, -0.1) is 0 Å². The molecule has 2 aromatic carbocycles. The standard InChI is InChI=1S/C18H14BrNO4/c19-14-4-2-1-3-13(14)18(23)24-10-16(21)12-5-7-15-11(9-12)6-8-17(22)20-15/h1-5,7,9H,6,8,10H2,(H,20,22). The second-order valence-electron chi connectivity index (χ2n) is 5.40. The number of carbonyl (C=O) groups is 3. The van der Waals surface area contributed by atoms with Crippen LogP contribution in [0.15, 0.2) is 46.9 Å². The first-order valence-corrected chi connectivity index (χ1v) is 8.21. The van der Waals surface area contributed by atoms with Crippen LogP contribution in [0.1, 0.15) is 32.7 Å². The maximum Gasteiger partial charge on any atom is 0.339 e. The van der Waals surface area contributed by atoms with Crippen molar-refractivity contribution in [1.29, 1.82) is 0 Å². The van der Waals surface area contributed by atoms with Crippen LogP contribution in [0, 0.1) is 0 Å². The maximum atomic E-state index is 12.2. The zero-order valence-corrected chi connectivity index (χ0v) is 14.3. The zero-order valence-electron chi connectivity index (χ0n) is 12.7. The van der Waals surface area contributed by atoms with E-state index in [4.69, 9.17) is 4.74 Å². The van der Waals surface area contributed by atoms with Crippen molar-refractivity contribution in [1.82, 2.24) is 0 Å². The fraction of sp³-hybridized carbons (Fsp3) is 0.167. The van der Waals surface area contributed by atoms with Gasteiger partial charge in [0.05, 0.1) is 5.56 Å². The Morgan fingerprint density at radius 3 is 2.71 bits per heavy atom. The summed E-state index contributed by atoms with van der Waals surface area (Å²) >= 11 is 3.27. The van der Waals surface area contributed by atoms with Crippen LogP contribution in [0.2, 0.25) is 0 Å². The minimum absolute atomic E-state index is 0.0241. The highest BCUT2D eigenvalue weighted by Crippen LogP contribution is 2.24. The van der Waals surface area contributed by atoms with Gasteiger partial charge in [-0.3, -0.25) is 9.59 Å². The van der Waals surface area contributed by atoms with Crippen molar-refractivity contribution >= 4 is 39.3 Å². The van der Waals surface area contributed by atoms with Gasteiger partial charge in [0.2, 0.25) is 5.91 Å². The molecular formula is C18H14BrNO4. The zero-order chi connectivity index (χ0) is 17.1. The smallest absolute Gasteiger partial charge is 0.339 e. The van der Waals surface area contributed by atoms with E-state index in [1.54, 1.807) is 42.5 Å². The van der Waals surface area contributed by atoms with Crippen LogP contribution in [0.4, 0.5) is 5.69 Å². The van der Waals surface area contributed by atoms with E-state index in [1.165, 1.54) is 0 Å². The van der Waals surface area contributed by atoms with E-state index < -0.39 is 5.97 Å². The van der Waals surface area contributed by atoms with Crippen LogP contribution in [-0.2, 0) is 16.0 Å². The molecule has 24 heavy (non-hydrogen) atoms. The van der Waals surface area contributed by atoms with E-state index in [-0.39, 0.29) is 18.3 Å². The molecule has 0 unspecified atom stereocenters. The number of rotatable bonds is 4. The molecule has 0 aromatic heterocycles. The molecule has 5 nitrogen and oxygen atoms in total. The Kier molecular flexibility index (Phi) is 4.76. The average Bonchev–Trinajstić information content (AvgIpc) is 2.59. The van der Waals surface area contributed by atoms with Crippen LogP contribution in [0.3, 0.4) is 0 Å². The van der Waals surface area contributed by atoms with E-state index in [2.05, 4.69) is 21.2 Å². The number of fused-ring (bicyclic) bond motifs is 1. The molecule has 1 aliphatic heterocycles. The number of carbonyl (C=O) groups excluding carboxylic acids is 3. The minimum Gasteiger partial charge on any atom is -0.454 e. The third-order valence-electron chi connectivity index (χ3n) is 3.75. The van der Waals surface area contributed by atoms with Gasteiger partial charge in [-0.05, 0) is 58.2 Å². The number of ketones is 1. The van der Waals surface area contributed by atoms with Gasteiger partial charge in [0.1, 0.15) is 0 Å². The van der Waals surface area contributed by atoms with Gasteiger partial charge in [-0.1, -0.05) is 12.1 Å². The van der Waals surface area contributed by atoms with Crippen molar-refractivity contribution in [2.24, 2.45) is 0 Å². The molecule has 6 heteroatoms. The fourth-order valence-electron chi connectivity index (χ4n) is 2.48. The topological polar surface area (TPSA) is 72.5 Å². The number of nitrogens with one attached hydrogen (secondary N) is 1. The average molecular weight is 388 g/mol. The van der Waals surface area contributed by atoms with Crippen LogP contribution < -0.4 is 5.32 Å². The Morgan fingerprint density at radius 1 is 1.12 bits per heavy atom. The summed E-state index contributed by atoms with van der Waals surface area (Å²) < 4.78 is 5.72. The number of hydrogen-bond acceptors (Lipinski definition) is 4. The Balaban J connectivity index is 1.66. The Hall–Kier alpha value is -2.47. The third kappa shape index (κ3) is 3.54. The van der Waals surface area contributed by atoms with Crippen molar-refractivity contribution in [2.45, 2.75) is 12.8 Å². The van der Waals surface area contributed by atoms with E-state index in [1.807, 2.05) is 0 Å². The van der Waals surface area contributed by atoms with Crippen molar-refractivity contribution in [3.63, 3.8) is 0 Å². The summed E-state index contributed by atoms with van der Waals surface area (Å²) in [6.07, 6.45) is 1.00. The van der Waals surface area contributed by atoms with Gasteiger partial charge in [0.15, 0.2) is 12.4 Å². The summed E-state index contributed by atoms with van der Waals surface area (Å²) in [5, 5.41) is 2.76. The fourth-order valence-corrected chi connectivity index (χ4v) is 2.92. The molecule has 1 heterocycles. The number of aryl methyl sites for hydroxylation is 1. The van der Waals surface area contributed by atoms with Crippen LogP contribution in [0.5, 0.6) is 0 Å². The number of Topliss-reactive ketones (excluding diaryl/α,β-unsaturated/α-hetero) is 1. The van der Waals surface area contributed by atoms with Crippen molar-refractivity contribution in [3.05, 3.63) is 63.6 Å². The summed E-state index contributed by atoms with van der Waals surface area (Å²) in [4.78, 5) is 35.6. The lowest BCUT2D eigenvalue weighted by Gasteiger charge is -2.17. The maximum absolute atomic E-state index is 12.2. The lowest BCUT2D eigenvalue weighted by Crippen LogP contribution is -2.20. The quantitative estimate of drug-likeness (QED) is 0.644. The number of ether oxygens (including phenoxy) is 1. The van der Waals surface area contributed by atoms with E-state index in [0.29, 0.717) is 28.4 Å². The second-order valence-corrected chi connectivity index (χ2v) is 6.25. The molecular weight excluding hydrogens is 374 g/mol. The van der Waals surface area contributed by atoms with Crippen LogP contribution in [-0.4, -0.2) is 24.3 Å². The summed E-state index contributed by atoms with van der Waals surface area (Å²) in [5.41, 5.74) is 2.48. The minimum atomic E-state index is -0.555. The summed E-state index contributed by atoms with van der Waals surface area (Å²) in [7, 11) is 0. The molecule has 0 bridgehead atoms. The van der Waals surface area contributed by atoms with E-state index in [9.17, 15) is 14.4 Å². The molecule has 0 aliphatic carbocycles. The van der Waals surface area contributed by atoms with Gasteiger partial charge in [0.25, 0.3) is 0 Å². The molecule has 122 valence electrons. The molecule has 2 aromatic rings. The highest BCUT2D eigenvalue weighted by atomic mass is 79.9. The molecule has 0 saturated heterocycles. The highest BCUT2D eigenvalue weighted by Gasteiger charge is 2.18. The van der Waals surface area contributed by atoms with E-state index >= 15 is 0 Å². The van der Waals surface area contributed by atoms with Gasteiger partial charge < -0.3 is 10.1 Å². The summed E-state index contributed by atoms with van der Waals surface area (Å²) in [6, 6.07) is 11.9. The number of esters is 1. The molecule has 3 rings (SSSR count). The SMILES string of the molecule is O=C1CCc2cc(C(=O)COC(=O)c3ccccc3Br)ccc2N1. The Morgan fingerprint density at radius 2 is 1.92 bits per heavy atom. The third-order valence-corrected chi connectivity index (χ3v) is 4.44.